The first-order valence-electron chi connectivity index (χ1n) is 6.83. The average molecular weight is 229 g/mol. The highest BCUT2D eigenvalue weighted by Crippen LogP contribution is 2.22. The zero-order valence-corrected chi connectivity index (χ0v) is 11.9. The van der Waals surface area contributed by atoms with Gasteiger partial charge in [0.05, 0.1) is 0 Å². The third kappa shape index (κ3) is 8.12. The Labute approximate surface area is 102 Å². The van der Waals surface area contributed by atoms with E-state index in [0.717, 1.165) is 19.8 Å². The van der Waals surface area contributed by atoms with Gasteiger partial charge in [-0.05, 0) is 31.2 Å². The quantitative estimate of drug-likeness (QED) is 0.610. The summed E-state index contributed by atoms with van der Waals surface area (Å²) in [5.41, 5.74) is 0.347. The normalized spacial score (nSPS) is 14.1. The molecule has 1 unspecified atom stereocenters. The van der Waals surface area contributed by atoms with E-state index >= 15 is 0 Å². The van der Waals surface area contributed by atoms with E-state index in [1.54, 1.807) is 0 Å². The Kier molecular flexibility index (Phi) is 8.96. The standard InChI is InChI=1S/C14H31NO/c1-6-8-11-16-12-9-10-13(15-7-2)14(3,4)5/h13,15H,6-12H2,1-5H3. The second kappa shape index (κ2) is 9.00. The summed E-state index contributed by atoms with van der Waals surface area (Å²) >= 11 is 0. The molecule has 0 aromatic heterocycles. The van der Waals surface area contributed by atoms with Gasteiger partial charge in [-0.25, -0.2) is 0 Å². The van der Waals surface area contributed by atoms with Gasteiger partial charge in [0.25, 0.3) is 0 Å². The van der Waals surface area contributed by atoms with E-state index in [1.165, 1.54) is 25.7 Å². The van der Waals surface area contributed by atoms with Crippen LogP contribution < -0.4 is 5.32 Å². The predicted octanol–water partition coefficient (Wildman–Crippen LogP) is 3.61. The zero-order chi connectivity index (χ0) is 12.4. The molecule has 0 aromatic rings. The van der Waals surface area contributed by atoms with Gasteiger partial charge < -0.3 is 10.1 Å². The van der Waals surface area contributed by atoms with Gasteiger partial charge in [-0.2, -0.15) is 0 Å². The number of nitrogens with one attached hydrogen (secondary N) is 1. The maximum atomic E-state index is 5.59. The summed E-state index contributed by atoms with van der Waals surface area (Å²) in [5, 5.41) is 3.57. The summed E-state index contributed by atoms with van der Waals surface area (Å²) < 4.78 is 5.59. The lowest BCUT2D eigenvalue weighted by molar-refractivity contribution is 0.120. The first-order chi connectivity index (χ1) is 7.52. The van der Waals surface area contributed by atoms with E-state index < -0.39 is 0 Å². The minimum absolute atomic E-state index is 0.347. The minimum Gasteiger partial charge on any atom is -0.381 e. The molecule has 0 bridgehead atoms. The van der Waals surface area contributed by atoms with Crippen molar-refractivity contribution in [2.45, 2.75) is 66.3 Å². The molecule has 0 aliphatic heterocycles. The Balaban J connectivity index is 3.61. The van der Waals surface area contributed by atoms with Crippen molar-refractivity contribution in [3.05, 3.63) is 0 Å². The summed E-state index contributed by atoms with van der Waals surface area (Å²) in [6.45, 7) is 14.2. The van der Waals surface area contributed by atoms with E-state index in [4.69, 9.17) is 4.74 Å². The molecule has 0 spiro atoms. The van der Waals surface area contributed by atoms with Crippen LogP contribution in [0, 0.1) is 5.41 Å². The number of unbranched alkanes of at least 4 members (excludes halogenated alkanes) is 1. The molecular formula is C14H31NO. The second-order valence-corrected chi connectivity index (χ2v) is 5.58. The molecule has 2 heteroatoms. The van der Waals surface area contributed by atoms with Crippen molar-refractivity contribution in [3.8, 4) is 0 Å². The molecule has 0 fully saturated rings. The molecule has 0 amide bonds. The fourth-order valence-corrected chi connectivity index (χ4v) is 1.83. The third-order valence-corrected chi connectivity index (χ3v) is 2.92. The van der Waals surface area contributed by atoms with Gasteiger partial charge in [0.1, 0.15) is 0 Å². The van der Waals surface area contributed by atoms with Crippen molar-refractivity contribution in [1.29, 1.82) is 0 Å². The zero-order valence-electron chi connectivity index (χ0n) is 11.9. The van der Waals surface area contributed by atoms with Crippen LogP contribution in [0.5, 0.6) is 0 Å². The SMILES string of the molecule is CCCCOCCCC(NCC)C(C)(C)C. The Morgan fingerprint density at radius 2 is 1.69 bits per heavy atom. The lowest BCUT2D eigenvalue weighted by Crippen LogP contribution is -2.40. The topological polar surface area (TPSA) is 21.3 Å². The van der Waals surface area contributed by atoms with Gasteiger partial charge in [-0.1, -0.05) is 41.0 Å². The summed E-state index contributed by atoms with van der Waals surface area (Å²) in [5.74, 6) is 0. The van der Waals surface area contributed by atoms with Gasteiger partial charge in [-0.15, -0.1) is 0 Å². The van der Waals surface area contributed by atoms with Crippen LogP contribution in [0.15, 0.2) is 0 Å². The largest absolute Gasteiger partial charge is 0.381 e. The molecule has 0 aliphatic carbocycles. The molecule has 0 saturated carbocycles. The summed E-state index contributed by atoms with van der Waals surface area (Å²) in [7, 11) is 0. The minimum atomic E-state index is 0.347. The van der Waals surface area contributed by atoms with E-state index in [0.29, 0.717) is 11.5 Å². The molecule has 2 nitrogen and oxygen atoms in total. The van der Waals surface area contributed by atoms with Crippen LogP contribution in [-0.4, -0.2) is 25.8 Å². The Morgan fingerprint density at radius 3 is 2.19 bits per heavy atom. The maximum absolute atomic E-state index is 5.59. The number of rotatable bonds is 9. The number of hydrogen-bond acceptors (Lipinski definition) is 2. The van der Waals surface area contributed by atoms with Crippen molar-refractivity contribution in [1.82, 2.24) is 5.32 Å². The van der Waals surface area contributed by atoms with Crippen molar-refractivity contribution in [3.63, 3.8) is 0 Å². The summed E-state index contributed by atoms with van der Waals surface area (Å²) in [6, 6.07) is 0.604. The fourth-order valence-electron chi connectivity index (χ4n) is 1.83. The number of hydrogen-bond donors (Lipinski definition) is 1. The van der Waals surface area contributed by atoms with Gasteiger partial charge in [0, 0.05) is 19.3 Å². The van der Waals surface area contributed by atoms with Crippen LogP contribution in [0.4, 0.5) is 0 Å². The Morgan fingerprint density at radius 1 is 1.06 bits per heavy atom. The first-order valence-corrected chi connectivity index (χ1v) is 6.83. The summed E-state index contributed by atoms with van der Waals surface area (Å²) in [4.78, 5) is 0. The van der Waals surface area contributed by atoms with Gasteiger partial charge in [-0.3, -0.25) is 0 Å². The van der Waals surface area contributed by atoms with Crippen LogP contribution in [0.2, 0.25) is 0 Å². The van der Waals surface area contributed by atoms with E-state index in [1.807, 2.05) is 0 Å². The lowest BCUT2D eigenvalue weighted by Gasteiger charge is -2.31. The molecule has 1 atom stereocenters. The van der Waals surface area contributed by atoms with Crippen molar-refractivity contribution >= 4 is 0 Å². The highest BCUT2D eigenvalue weighted by atomic mass is 16.5. The van der Waals surface area contributed by atoms with Crippen LogP contribution in [0.3, 0.4) is 0 Å². The van der Waals surface area contributed by atoms with E-state index in [2.05, 4.69) is 39.9 Å². The van der Waals surface area contributed by atoms with Crippen LogP contribution in [-0.2, 0) is 4.74 Å². The van der Waals surface area contributed by atoms with Crippen LogP contribution >= 0.6 is 0 Å². The predicted molar refractivity (Wildman–Crippen MR) is 71.9 cm³/mol. The van der Waals surface area contributed by atoms with Crippen molar-refractivity contribution in [2.75, 3.05) is 19.8 Å². The molecule has 1 N–H and O–H groups in total. The summed E-state index contributed by atoms with van der Waals surface area (Å²) in [6.07, 6.45) is 4.79. The third-order valence-electron chi connectivity index (χ3n) is 2.92. The molecule has 0 saturated heterocycles. The highest BCUT2D eigenvalue weighted by molar-refractivity contribution is 4.79. The lowest BCUT2D eigenvalue weighted by atomic mass is 9.84. The van der Waals surface area contributed by atoms with Gasteiger partial charge in [0.15, 0.2) is 0 Å². The van der Waals surface area contributed by atoms with E-state index in [9.17, 15) is 0 Å². The highest BCUT2D eigenvalue weighted by Gasteiger charge is 2.22. The fraction of sp³-hybridized carbons (Fsp3) is 1.00. The Bertz CT molecular complexity index is 151. The molecular weight excluding hydrogens is 198 g/mol. The molecule has 0 radical (unpaired) electrons. The van der Waals surface area contributed by atoms with E-state index in [-0.39, 0.29) is 0 Å². The smallest absolute Gasteiger partial charge is 0.0466 e. The monoisotopic (exact) mass is 229 g/mol. The van der Waals surface area contributed by atoms with Crippen LogP contribution in [0.25, 0.3) is 0 Å². The molecule has 0 aliphatic rings. The molecule has 0 heterocycles. The van der Waals surface area contributed by atoms with Crippen molar-refractivity contribution < 1.29 is 4.74 Å². The van der Waals surface area contributed by atoms with Crippen molar-refractivity contribution in [2.24, 2.45) is 5.41 Å². The molecule has 98 valence electrons. The van der Waals surface area contributed by atoms with Gasteiger partial charge in [0.2, 0.25) is 0 Å². The van der Waals surface area contributed by atoms with Gasteiger partial charge >= 0.3 is 0 Å². The first kappa shape index (κ1) is 15.9. The number of ether oxygens (including phenoxy) is 1. The molecule has 0 aromatic carbocycles. The molecule has 0 rings (SSSR count). The second-order valence-electron chi connectivity index (χ2n) is 5.58. The maximum Gasteiger partial charge on any atom is 0.0466 e. The van der Waals surface area contributed by atoms with Crippen LogP contribution in [0.1, 0.15) is 60.3 Å². The Hall–Kier alpha value is -0.0800. The molecule has 16 heavy (non-hydrogen) atoms. The average Bonchev–Trinajstić information content (AvgIpc) is 2.20.